The highest BCUT2D eigenvalue weighted by Gasteiger charge is 2.25. The molecule has 4 aromatic carbocycles. The number of fused-ring (bicyclic) bond motifs is 7. The molecule has 0 heterocycles. The van der Waals surface area contributed by atoms with Gasteiger partial charge in [0, 0.05) is 17.7 Å². The highest BCUT2D eigenvalue weighted by molar-refractivity contribution is 6.12. The zero-order chi connectivity index (χ0) is 19.3. The molecule has 5 rings (SSSR count). The third-order valence-corrected chi connectivity index (χ3v) is 5.49. The molecule has 0 saturated carbocycles. The van der Waals surface area contributed by atoms with Gasteiger partial charge in [0.2, 0.25) is 0 Å². The van der Waals surface area contributed by atoms with Crippen molar-refractivity contribution in [2.45, 2.75) is 6.42 Å². The zero-order valence-electron chi connectivity index (χ0n) is 15.0. The van der Waals surface area contributed by atoms with E-state index in [4.69, 9.17) is 5.73 Å². The quantitative estimate of drug-likeness (QED) is 0.416. The van der Waals surface area contributed by atoms with Crippen LogP contribution in [0.15, 0.2) is 72.3 Å². The van der Waals surface area contributed by atoms with Crippen LogP contribution in [0, 0.1) is 22.7 Å². The van der Waals surface area contributed by atoms with Gasteiger partial charge in [0.15, 0.2) is 0 Å². The summed E-state index contributed by atoms with van der Waals surface area (Å²) in [6, 6.07) is 26.7. The van der Waals surface area contributed by atoms with Gasteiger partial charge in [-0.15, -0.1) is 0 Å². The fraction of sp³-hybridized carbons (Fsp3) is 0.0400. The largest absolute Gasteiger partial charge is 0.399 e. The molecule has 3 nitrogen and oxygen atoms in total. The Morgan fingerprint density at radius 3 is 2.36 bits per heavy atom. The fourth-order valence-corrected chi connectivity index (χ4v) is 4.25. The van der Waals surface area contributed by atoms with E-state index in [0.29, 0.717) is 23.3 Å². The summed E-state index contributed by atoms with van der Waals surface area (Å²) in [7, 11) is 0. The van der Waals surface area contributed by atoms with Crippen LogP contribution in [-0.2, 0) is 6.42 Å². The summed E-state index contributed by atoms with van der Waals surface area (Å²) < 4.78 is 0. The molecule has 0 unspecified atom stereocenters. The second-order valence-electron chi connectivity index (χ2n) is 7.04. The number of benzene rings is 4. The standard InChI is InChI=1S/C25H15N3/c26-13-18-11-17-6-5-16-12-19(28)8-10-21(16)24(17)25-20-4-2-1-3-15(20)7-9-22(25)23(18)14-27/h1-10,12H,11,28H2. The van der Waals surface area contributed by atoms with E-state index in [-0.39, 0.29) is 0 Å². The lowest BCUT2D eigenvalue weighted by molar-refractivity contribution is 1.22. The topological polar surface area (TPSA) is 73.6 Å². The molecule has 0 saturated heterocycles. The first-order valence-electron chi connectivity index (χ1n) is 9.08. The molecular weight excluding hydrogens is 342 g/mol. The molecule has 3 heteroatoms. The highest BCUT2D eigenvalue weighted by atomic mass is 14.5. The van der Waals surface area contributed by atoms with Crippen LogP contribution in [0.2, 0.25) is 0 Å². The molecule has 4 aromatic rings. The normalized spacial score (nSPS) is 12.8. The molecule has 0 atom stereocenters. The van der Waals surface area contributed by atoms with Crippen LogP contribution in [0.5, 0.6) is 0 Å². The minimum Gasteiger partial charge on any atom is -0.399 e. The van der Waals surface area contributed by atoms with Crippen molar-refractivity contribution in [3.8, 4) is 23.3 Å². The van der Waals surface area contributed by atoms with E-state index in [1.54, 1.807) is 0 Å². The molecule has 1 aliphatic carbocycles. The van der Waals surface area contributed by atoms with E-state index in [2.05, 4.69) is 30.3 Å². The number of hydrogen-bond donors (Lipinski definition) is 1. The molecule has 0 spiro atoms. The van der Waals surface area contributed by atoms with Crippen molar-refractivity contribution < 1.29 is 0 Å². The Labute approximate surface area is 162 Å². The second kappa shape index (κ2) is 5.98. The molecule has 0 radical (unpaired) electrons. The lowest BCUT2D eigenvalue weighted by Gasteiger charge is -2.16. The number of nitrogens with two attached hydrogens (primary N) is 1. The minimum absolute atomic E-state index is 0.443. The third kappa shape index (κ3) is 2.21. The number of nitrogens with zero attached hydrogens (tertiary/aromatic N) is 2. The van der Waals surface area contributed by atoms with Gasteiger partial charge in [0.1, 0.15) is 6.07 Å². The van der Waals surface area contributed by atoms with Crippen molar-refractivity contribution in [3.05, 3.63) is 83.4 Å². The van der Waals surface area contributed by atoms with Crippen LogP contribution in [-0.4, -0.2) is 0 Å². The average Bonchev–Trinajstić information content (AvgIpc) is 2.87. The molecule has 0 fully saturated rings. The number of allylic oxidation sites excluding steroid dienone is 2. The fourth-order valence-electron chi connectivity index (χ4n) is 4.25. The van der Waals surface area contributed by atoms with E-state index in [1.165, 1.54) is 0 Å². The summed E-state index contributed by atoms with van der Waals surface area (Å²) >= 11 is 0. The molecular formula is C25H15N3. The zero-order valence-corrected chi connectivity index (χ0v) is 15.0. The minimum atomic E-state index is 0.443. The number of hydrogen-bond acceptors (Lipinski definition) is 3. The third-order valence-electron chi connectivity index (χ3n) is 5.49. The summed E-state index contributed by atoms with van der Waals surface area (Å²) in [5.41, 5.74) is 11.7. The summed E-state index contributed by atoms with van der Waals surface area (Å²) in [4.78, 5) is 0. The summed E-state index contributed by atoms with van der Waals surface area (Å²) in [5.74, 6) is 0. The summed E-state index contributed by atoms with van der Waals surface area (Å²) in [5, 5.41) is 24.0. The summed E-state index contributed by atoms with van der Waals surface area (Å²) in [6.07, 6.45) is 0.443. The van der Waals surface area contributed by atoms with E-state index in [0.717, 1.165) is 43.8 Å². The summed E-state index contributed by atoms with van der Waals surface area (Å²) in [6.45, 7) is 0. The Morgan fingerprint density at radius 1 is 0.750 bits per heavy atom. The molecule has 0 bridgehead atoms. The Kier molecular flexibility index (Phi) is 3.44. The van der Waals surface area contributed by atoms with E-state index < -0.39 is 0 Å². The Hall–Kier alpha value is -4.08. The molecule has 0 aliphatic heterocycles. The van der Waals surface area contributed by atoms with Gasteiger partial charge in [-0.05, 0) is 50.4 Å². The predicted molar refractivity (Wildman–Crippen MR) is 113 cm³/mol. The van der Waals surface area contributed by atoms with Crippen LogP contribution >= 0.6 is 0 Å². The van der Waals surface area contributed by atoms with Crippen LogP contribution in [0.25, 0.3) is 38.2 Å². The highest BCUT2D eigenvalue weighted by Crippen LogP contribution is 2.45. The predicted octanol–water partition coefficient (Wildman–Crippen LogP) is 5.60. The maximum Gasteiger partial charge on any atom is 0.101 e. The van der Waals surface area contributed by atoms with Crippen LogP contribution in [0.1, 0.15) is 11.1 Å². The van der Waals surface area contributed by atoms with Crippen molar-refractivity contribution in [2.75, 3.05) is 5.73 Å². The molecule has 0 aromatic heterocycles. The lowest BCUT2D eigenvalue weighted by atomic mass is 9.86. The van der Waals surface area contributed by atoms with E-state index in [9.17, 15) is 10.5 Å². The van der Waals surface area contributed by atoms with Gasteiger partial charge < -0.3 is 5.73 Å². The molecule has 28 heavy (non-hydrogen) atoms. The van der Waals surface area contributed by atoms with E-state index >= 15 is 0 Å². The second-order valence-corrected chi connectivity index (χ2v) is 7.04. The number of rotatable bonds is 0. The maximum atomic E-state index is 9.89. The number of anilines is 1. The van der Waals surface area contributed by atoms with Crippen molar-refractivity contribution in [1.82, 2.24) is 0 Å². The van der Waals surface area contributed by atoms with Gasteiger partial charge in [-0.25, -0.2) is 0 Å². The van der Waals surface area contributed by atoms with Gasteiger partial charge in [0.25, 0.3) is 0 Å². The van der Waals surface area contributed by atoms with Crippen LogP contribution in [0.4, 0.5) is 5.69 Å². The van der Waals surface area contributed by atoms with Gasteiger partial charge in [0.05, 0.1) is 17.2 Å². The molecule has 1 aliphatic rings. The van der Waals surface area contributed by atoms with Crippen LogP contribution < -0.4 is 5.73 Å². The van der Waals surface area contributed by atoms with Crippen LogP contribution in [0.3, 0.4) is 0 Å². The monoisotopic (exact) mass is 357 g/mol. The first-order chi connectivity index (χ1) is 13.7. The average molecular weight is 357 g/mol. The van der Waals surface area contributed by atoms with Gasteiger partial charge >= 0.3 is 0 Å². The molecule has 0 amide bonds. The maximum absolute atomic E-state index is 9.89. The smallest absolute Gasteiger partial charge is 0.101 e. The van der Waals surface area contributed by atoms with Crippen molar-refractivity contribution in [1.29, 1.82) is 10.5 Å². The lowest BCUT2D eigenvalue weighted by Crippen LogP contribution is -1.94. The Morgan fingerprint density at radius 2 is 1.54 bits per heavy atom. The first kappa shape index (κ1) is 16.1. The first-order valence-corrected chi connectivity index (χ1v) is 9.08. The number of nitrogen functional groups attached to an aromatic ring is 1. The van der Waals surface area contributed by atoms with Crippen molar-refractivity contribution in [2.24, 2.45) is 0 Å². The molecule has 130 valence electrons. The van der Waals surface area contributed by atoms with Gasteiger partial charge in [-0.2, -0.15) is 10.5 Å². The number of nitriles is 2. The van der Waals surface area contributed by atoms with Crippen molar-refractivity contribution in [3.63, 3.8) is 0 Å². The van der Waals surface area contributed by atoms with Crippen molar-refractivity contribution >= 4 is 32.8 Å². The van der Waals surface area contributed by atoms with Gasteiger partial charge in [-0.1, -0.05) is 54.6 Å². The Bertz CT molecular complexity index is 1410. The molecule has 2 N–H and O–H groups in total. The Balaban J connectivity index is 2.05. The SMILES string of the molecule is N#CC1=C(C#N)c2ccc3ccccc3c2-c2c(ccc3cc(N)ccc23)C1. The van der Waals surface area contributed by atoms with E-state index in [1.807, 2.05) is 48.5 Å². The van der Waals surface area contributed by atoms with Gasteiger partial charge in [-0.3, -0.25) is 0 Å².